The molecule has 0 aliphatic rings. The number of allylic oxidation sites excluding steroid dienone is 8. The predicted molar refractivity (Wildman–Crippen MR) is 236 cm³/mol. The number of aliphatic hydroxyl groups excluding tert-OH is 3. The second kappa shape index (κ2) is 36.9. The smallest absolute Gasteiger partial charge is 0.268 e. The van der Waals surface area contributed by atoms with Crippen molar-refractivity contribution in [1.82, 2.24) is 5.32 Å². The fourth-order valence-corrected chi connectivity index (χ4v) is 6.56. The minimum absolute atomic E-state index is 0.0296. The van der Waals surface area contributed by atoms with Crippen LogP contribution >= 0.6 is 7.82 Å². The van der Waals surface area contributed by atoms with Crippen molar-refractivity contribution in [1.29, 1.82) is 0 Å². The third kappa shape index (κ3) is 39.1. The molecule has 0 aromatic heterocycles. The van der Waals surface area contributed by atoms with Gasteiger partial charge in [-0.25, -0.2) is 0 Å². The van der Waals surface area contributed by atoms with Gasteiger partial charge in [-0.15, -0.1) is 0 Å². The van der Waals surface area contributed by atoms with E-state index in [9.17, 15) is 29.6 Å². The highest BCUT2D eigenvalue weighted by atomic mass is 31.2. The summed E-state index contributed by atoms with van der Waals surface area (Å²) < 4.78 is 23.2. The molecule has 4 N–H and O–H groups in total. The van der Waals surface area contributed by atoms with Crippen LogP contribution in [0.1, 0.15) is 149 Å². The van der Waals surface area contributed by atoms with Crippen LogP contribution in [0.2, 0.25) is 0 Å². The molecule has 0 aliphatic heterocycles. The summed E-state index contributed by atoms with van der Waals surface area (Å²) in [6.45, 7) is 4.34. The summed E-state index contributed by atoms with van der Waals surface area (Å²) in [5.41, 5.74) is 0. The average Bonchev–Trinajstić information content (AvgIpc) is 3.15. The summed E-state index contributed by atoms with van der Waals surface area (Å²) in [5.74, 6) is -0.306. The van der Waals surface area contributed by atoms with Crippen molar-refractivity contribution in [2.24, 2.45) is 0 Å². The van der Waals surface area contributed by atoms with E-state index in [1.54, 1.807) is 24.3 Å². The van der Waals surface area contributed by atoms with Gasteiger partial charge in [-0.1, -0.05) is 177 Å². The van der Waals surface area contributed by atoms with Crippen LogP contribution in [0.25, 0.3) is 0 Å². The lowest BCUT2D eigenvalue weighted by molar-refractivity contribution is -0.870. The number of nitrogens with zero attached hydrogens (tertiary/aromatic N) is 1. The van der Waals surface area contributed by atoms with Gasteiger partial charge in [0, 0.05) is 6.42 Å². The van der Waals surface area contributed by atoms with Crippen molar-refractivity contribution in [3.05, 3.63) is 72.9 Å². The Bertz CT molecular complexity index is 1190. The number of quaternary nitrogens is 1. The molecule has 330 valence electrons. The fourth-order valence-electron chi connectivity index (χ4n) is 5.84. The first-order valence-electron chi connectivity index (χ1n) is 22.0. The Hall–Kier alpha value is -2.14. The predicted octanol–water partition coefficient (Wildman–Crippen LogP) is 9.33. The van der Waals surface area contributed by atoms with Crippen LogP contribution in [0, 0.1) is 0 Å². The van der Waals surface area contributed by atoms with Crippen LogP contribution in [-0.2, 0) is 18.4 Å². The quantitative estimate of drug-likeness (QED) is 0.0158. The highest BCUT2D eigenvalue weighted by Gasteiger charge is 2.24. The van der Waals surface area contributed by atoms with Crippen LogP contribution in [0.5, 0.6) is 0 Å². The summed E-state index contributed by atoms with van der Waals surface area (Å²) in [6.07, 6.45) is 41.2. The molecule has 0 aliphatic carbocycles. The standard InChI is InChI=1S/C46H83N2O8P/c1-6-8-10-11-12-13-14-15-16-17-18-22-25-31-37-45(51)44(41-56-57(53,54)55-40-39-48(3,4)5)47-46(52)38-32-26-30-36-43(50)35-29-24-21-19-20-23-28-34-42(49)33-27-9-7-2/h9,20-21,23-24,27-30,34-36,42-45,49-51H,6-8,10-19,22,25-26,31-33,37-41H2,1-5H3,(H-,47,52,53,54)/b23-20-,24-21-,27-9-,34-28+,35-29+,36-30-/t42-,43-,44-,45+/m0/s1. The van der Waals surface area contributed by atoms with Crippen molar-refractivity contribution in [2.75, 3.05) is 40.9 Å². The lowest BCUT2D eigenvalue weighted by Gasteiger charge is -2.30. The molecule has 0 bridgehead atoms. The Labute approximate surface area is 348 Å². The number of phosphoric acid groups is 1. The molecule has 0 rings (SSSR count). The maximum Gasteiger partial charge on any atom is 0.268 e. The first-order chi connectivity index (χ1) is 27.3. The summed E-state index contributed by atoms with van der Waals surface area (Å²) in [5, 5.41) is 33.9. The third-order valence-corrected chi connectivity index (χ3v) is 10.3. The molecule has 0 saturated carbocycles. The molecule has 0 heterocycles. The number of carbonyl (C=O) groups is 1. The van der Waals surface area contributed by atoms with E-state index in [2.05, 4.69) is 19.2 Å². The van der Waals surface area contributed by atoms with Crippen molar-refractivity contribution < 1.29 is 43.1 Å². The molecule has 0 saturated heterocycles. The van der Waals surface area contributed by atoms with Crippen LogP contribution < -0.4 is 10.2 Å². The van der Waals surface area contributed by atoms with E-state index in [1.165, 1.54) is 70.6 Å². The molecule has 0 radical (unpaired) electrons. The Kier molecular flexibility index (Phi) is 35.5. The summed E-state index contributed by atoms with van der Waals surface area (Å²) >= 11 is 0. The normalized spacial score (nSPS) is 16.2. The maximum atomic E-state index is 12.9. The second-order valence-electron chi connectivity index (χ2n) is 16.1. The van der Waals surface area contributed by atoms with Gasteiger partial charge in [-0.05, 0) is 38.5 Å². The van der Waals surface area contributed by atoms with Crippen molar-refractivity contribution in [2.45, 2.75) is 173 Å². The number of carbonyl (C=O) groups excluding carboxylic acids is 1. The van der Waals surface area contributed by atoms with E-state index in [-0.39, 0.29) is 18.9 Å². The molecule has 1 amide bonds. The molecule has 0 fully saturated rings. The van der Waals surface area contributed by atoms with E-state index >= 15 is 0 Å². The molecular weight excluding hydrogens is 739 g/mol. The van der Waals surface area contributed by atoms with Crippen LogP contribution in [0.4, 0.5) is 0 Å². The van der Waals surface area contributed by atoms with Gasteiger partial charge in [0.15, 0.2) is 0 Å². The number of phosphoric ester groups is 1. The number of unbranched alkanes of at least 4 members (excludes halogenated alkanes) is 14. The lowest BCUT2D eigenvalue weighted by atomic mass is 10.0. The van der Waals surface area contributed by atoms with Crippen molar-refractivity contribution in [3.63, 3.8) is 0 Å². The van der Waals surface area contributed by atoms with E-state index in [0.717, 1.165) is 32.1 Å². The zero-order chi connectivity index (χ0) is 42.5. The van der Waals surface area contributed by atoms with Gasteiger partial charge >= 0.3 is 0 Å². The molecule has 1 unspecified atom stereocenters. The highest BCUT2D eigenvalue weighted by Crippen LogP contribution is 2.38. The summed E-state index contributed by atoms with van der Waals surface area (Å²) in [6, 6.07) is -0.892. The van der Waals surface area contributed by atoms with Gasteiger partial charge < -0.3 is 39.1 Å². The van der Waals surface area contributed by atoms with E-state index in [4.69, 9.17) is 9.05 Å². The van der Waals surface area contributed by atoms with Crippen molar-refractivity contribution >= 4 is 13.7 Å². The molecule has 11 heteroatoms. The number of aliphatic hydroxyl groups is 3. The van der Waals surface area contributed by atoms with Gasteiger partial charge in [0.1, 0.15) is 13.2 Å². The number of hydrogen-bond donors (Lipinski definition) is 4. The number of nitrogens with one attached hydrogen (secondary N) is 1. The Morgan fingerprint density at radius 2 is 1.30 bits per heavy atom. The zero-order valence-electron chi connectivity index (χ0n) is 36.5. The summed E-state index contributed by atoms with van der Waals surface area (Å²) in [4.78, 5) is 25.3. The molecule has 10 nitrogen and oxygen atoms in total. The van der Waals surface area contributed by atoms with Crippen LogP contribution in [-0.4, -0.2) is 91.0 Å². The Morgan fingerprint density at radius 1 is 0.719 bits per heavy atom. The molecule has 0 aromatic rings. The van der Waals surface area contributed by atoms with E-state index in [1.807, 2.05) is 69.8 Å². The Morgan fingerprint density at radius 3 is 1.88 bits per heavy atom. The topological polar surface area (TPSA) is 148 Å². The van der Waals surface area contributed by atoms with E-state index < -0.39 is 38.8 Å². The maximum absolute atomic E-state index is 12.9. The van der Waals surface area contributed by atoms with Gasteiger partial charge in [0.2, 0.25) is 5.91 Å². The van der Waals surface area contributed by atoms with Gasteiger partial charge in [0.05, 0.1) is 52.1 Å². The minimum atomic E-state index is -4.62. The minimum Gasteiger partial charge on any atom is -0.756 e. The number of hydrogen-bond acceptors (Lipinski definition) is 8. The van der Waals surface area contributed by atoms with E-state index in [0.29, 0.717) is 36.7 Å². The number of amides is 1. The van der Waals surface area contributed by atoms with Gasteiger partial charge in [0.25, 0.3) is 7.82 Å². The number of likely N-dealkylation sites (N-methyl/N-ethyl adjacent to an activating group) is 1. The molecule has 0 aromatic carbocycles. The molecule has 0 spiro atoms. The first-order valence-corrected chi connectivity index (χ1v) is 23.5. The first kappa shape index (κ1) is 54.9. The SMILES string of the molecule is CC/C=C\C[C@H](O)/C=C/C=C\C/C=C\C=C\[C@H](O)/C=C\CCCC(=O)N[C@@H](COP(=O)([O-])OCC[N+](C)(C)C)[C@H](O)CCCCCCCCCCCCCCCC. The largest absolute Gasteiger partial charge is 0.756 e. The molecule has 5 atom stereocenters. The average molecular weight is 823 g/mol. The Balaban J connectivity index is 4.67. The number of rotatable bonds is 38. The molecule has 57 heavy (non-hydrogen) atoms. The fraction of sp³-hybridized carbons (Fsp3) is 0.717. The van der Waals surface area contributed by atoms with Gasteiger partial charge in [-0.3, -0.25) is 9.36 Å². The monoisotopic (exact) mass is 823 g/mol. The highest BCUT2D eigenvalue weighted by molar-refractivity contribution is 7.45. The lowest BCUT2D eigenvalue weighted by Crippen LogP contribution is -2.46. The summed E-state index contributed by atoms with van der Waals surface area (Å²) in [7, 11) is 1.16. The van der Waals surface area contributed by atoms with Crippen LogP contribution in [0.15, 0.2) is 72.9 Å². The zero-order valence-corrected chi connectivity index (χ0v) is 37.4. The van der Waals surface area contributed by atoms with Crippen LogP contribution in [0.3, 0.4) is 0 Å². The second-order valence-corrected chi connectivity index (χ2v) is 17.5. The van der Waals surface area contributed by atoms with Gasteiger partial charge in [-0.2, -0.15) is 0 Å². The third-order valence-electron chi connectivity index (χ3n) is 9.38. The molecular formula is C46H83N2O8P. The van der Waals surface area contributed by atoms with Crippen molar-refractivity contribution in [3.8, 4) is 0 Å².